The van der Waals surface area contributed by atoms with E-state index in [1.54, 1.807) is 0 Å². The molecule has 1 saturated carbocycles. The van der Waals surface area contributed by atoms with Crippen LogP contribution in [0.5, 0.6) is 0 Å². The predicted molar refractivity (Wildman–Crippen MR) is 55.7 cm³/mol. The van der Waals surface area contributed by atoms with Crippen molar-refractivity contribution in [3.05, 3.63) is 0 Å². The first-order valence-corrected chi connectivity index (χ1v) is 5.67. The summed E-state index contributed by atoms with van der Waals surface area (Å²) in [7, 11) is 0. The molecule has 0 aliphatic heterocycles. The maximum atomic E-state index is 8.61. The lowest BCUT2D eigenvalue weighted by Gasteiger charge is -2.26. The van der Waals surface area contributed by atoms with Crippen molar-refractivity contribution in [3.63, 3.8) is 0 Å². The minimum absolute atomic E-state index is 0.337. The zero-order valence-electron chi connectivity index (χ0n) is 8.76. The average Bonchev–Trinajstić information content (AvgIpc) is 2.15. The molecule has 2 N–H and O–H groups in total. The summed E-state index contributed by atoms with van der Waals surface area (Å²) in [6, 6.07) is 0.759. The van der Waals surface area contributed by atoms with Crippen molar-refractivity contribution >= 4 is 0 Å². The first-order chi connectivity index (χ1) is 6.33. The molecule has 0 spiro atoms. The summed E-state index contributed by atoms with van der Waals surface area (Å²) in [5.41, 5.74) is 0. The van der Waals surface area contributed by atoms with Crippen LogP contribution in [0.1, 0.15) is 45.4 Å². The van der Waals surface area contributed by atoms with Gasteiger partial charge in [-0.25, -0.2) is 0 Å². The van der Waals surface area contributed by atoms with Crippen molar-refractivity contribution in [2.75, 3.05) is 13.2 Å². The molecular formula is C11H23NO. The lowest BCUT2D eigenvalue weighted by molar-refractivity contribution is 0.275. The average molecular weight is 185 g/mol. The minimum atomic E-state index is 0.337. The van der Waals surface area contributed by atoms with E-state index in [0.29, 0.717) is 6.61 Å². The highest BCUT2D eigenvalue weighted by atomic mass is 16.2. The van der Waals surface area contributed by atoms with Crippen molar-refractivity contribution in [2.45, 2.75) is 51.5 Å². The van der Waals surface area contributed by atoms with Crippen LogP contribution in [0.3, 0.4) is 0 Å². The molecule has 0 saturated heterocycles. The zero-order valence-corrected chi connectivity index (χ0v) is 8.76. The highest BCUT2D eigenvalue weighted by molar-refractivity contribution is 4.74. The van der Waals surface area contributed by atoms with Gasteiger partial charge in [-0.15, -0.1) is 0 Å². The fourth-order valence-corrected chi connectivity index (χ4v) is 2.01. The Morgan fingerprint density at radius 2 is 1.85 bits per heavy atom. The van der Waals surface area contributed by atoms with Gasteiger partial charge in [0.15, 0.2) is 0 Å². The van der Waals surface area contributed by atoms with E-state index in [-0.39, 0.29) is 0 Å². The smallest absolute Gasteiger partial charge is 0.0431 e. The standard InChI is InChI=1S/C11H23NO/c1-10-4-6-11(7-5-10)12-8-2-3-9-13/h10-13H,2-9H2,1H3. The van der Waals surface area contributed by atoms with Gasteiger partial charge >= 0.3 is 0 Å². The molecule has 0 bridgehead atoms. The molecule has 1 rings (SSSR count). The van der Waals surface area contributed by atoms with Crippen LogP contribution in [0.15, 0.2) is 0 Å². The van der Waals surface area contributed by atoms with Gasteiger partial charge in [-0.05, 0) is 51.0 Å². The van der Waals surface area contributed by atoms with E-state index in [2.05, 4.69) is 12.2 Å². The van der Waals surface area contributed by atoms with Crippen molar-refractivity contribution in [1.29, 1.82) is 0 Å². The van der Waals surface area contributed by atoms with E-state index in [4.69, 9.17) is 5.11 Å². The quantitative estimate of drug-likeness (QED) is 0.641. The summed E-state index contributed by atoms with van der Waals surface area (Å²) in [4.78, 5) is 0. The normalized spacial score (nSPS) is 29.1. The SMILES string of the molecule is CC1CCC(NCCCCO)CC1. The van der Waals surface area contributed by atoms with Gasteiger partial charge in [-0.3, -0.25) is 0 Å². The van der Waals surface area contributed by atoms with Crippen molar-refractivity contribution in [1.82, 2.24) is 5.32 Å². The Labute approximate surface area is 81.7 Å². The monoisotopic (exact) mass is 185 g/mol. The van der Waals surface area contributed by atoms with Crippen LogP contribution in [-0.4, -0.2) is 24.3 Å². The molecule has 0 amide bonds. The third-order valence-corrected chi connectivity index (χ3v) is 3.03. The maximum Gasteiger partial charge on any atom is 0.0431 e. The molecule has 78 valence electrons. The Morgan fingerprint density at radius 1 is 1.15 bits per heavy atom. The van der Waals surface area contributed by atoms with Crippen LogP contribution in [0.25, 0.3) is 0 Å². The van der Waals surface area contributed by atoms with Gasteiger partial charge in [0, 0.05) is 12.6 Å². The summed E-state index contributed by atoms with van der Waals surface area (Å²) in [6.45, 7) is 3.77. The molecule has 2 nitrogen and oxygen atoms in total. The van der Waals surface area contributed by atoms with Crippen LogP contribution in [0.4, 0.5) is 0 Å². The molecule has 2 heteroatoms. The van der Waals surface area contributed by atoms with Gasteiger partial charge in [0.05, 0.1) is 0 Å². The van der Waals surface area contributed by atoms with E-state index in [9.17, 15) is 0 Å². The summed E-state index contributed by atoms with van der Waals surface area (Å²) < 4.78 is 0. The molecule has 13 heavy (non-hydrogen) atoms. The molecule has 0 atom stereocenters. The van der Waals surface area contributed by atoms with E-state index < -0.39 is 0 Å². The van der Waals surface area contributed by atoms with E-state index >= 15 is 0 Å². The number of aliphatic hydroxyl groups is 1. The number of nitrogens with one attached hydrogen (secondary N) is 1. The summed E-state index contributed by atoms with van der Waals surface area (Å²) in [6.07, 6.45) is 7.52. The minimum Gasteiger partial charge on any atom is -0.396 e. The molecular weight excluding hydrogens is 162 g/mol. The van der Waals surface area contributed by atoms with Crippen LogP contribution in [0.2, 0.25) is 0 Å². The maximum absolute atomic E-state index is 8.61. The van der Waals surface area contributed by atoms with Gasteiger partial charge in [0.25, 0.3) is 0 Å². The molecule has 0 radical (unpaired) electrons. The Hall–Kier alpha value is -0.0800. The highest BCUT2D eigenvalue weighted by Crippen LogP contribution is 2.23. The summed E-state index contributed by atoms with van der Waals surface area (Å²) in [5.74, 6) is 0.940. The number of aliphatic hydroxyl groups excluding tert-OH is 1. The predicted octanol–water partition coefficient (Wildman–Crippen LogP) is 1.93. The fraction of sp³-hybridized carbons (Fsp3) is 1.00. The van der Waals surface area contributed by atoms with E-state index in [1.807, 2.05) is 0 Å². The van der Waals surface area contributed by atoms with Gasteiger partial charge in [-0.2, -0.15) is 0 Å². The second-order valence-corrected chi connectivity index (χ2v) is 4.34. The van der Waals surface area contributed by atoms with Crippen LogP contribution < -0.4 is 5.32 Å². The molecule has 1 aliphatic rings. The molecule has 1 fully saturated rings. The number of hydrogen-bond acceptors (Lipinski definition) is 2. The molecule has 1 aliphatic carbocycles. The summed E-state index contributed by atoms with van der Waals surface area (Å²) in [5, 5.41) is 12.2. The zero-order chi connectivity index (χ0) is 9.52. The third kappa shape index (κ3) is 4.63. The largest absolute Gasteiger partial charge is 0.396 e. The topological polar surface area (TPSA) is 32.3 Å². The van der Waals surface area contributed by atoms with Crippen molar-refractivity contribution in [2.24, 2.45) is 5.92 Å². The lowest BCUT2D eigenvalue weighted by Crippen LogP contribution is -2.33. The Morgan fingerprint density at radius 3 is 2.46 bits per heavy atom. The van der Waals surface area contributed by atoms with E-state index in [1.165, 1.54) is 25.7 Å². The van der Waals surface area contributed by atoms with Crippen LogP contribution in [0, 0.1) is 5.92 Å². The van der Waals surface area contributed by atoms with Gasteiger partial charge in [0.1, 0.15) is 0 Å². The molecule has 0 unspecified atom stereocenters. The Balaban J connectivity index is 1.96. The number of unbranched alkanes of at least 4 members (excludes halogenated alkanes) is 1. The second-order valence-electron chi connectivity index (χ2n) is 4.34. The van der Waals surface area contributed by atoms with Crippen LogP contribution >= 0.6 is 0 Å². The first-order valence-electron chi connectivity index (χ1n) is 5.67. The molecule has 0 aromatic heterocycles. The molecule has 0 aromatic rings. The van der Waals surface area contributed by atoms with Gasteiger partial charge in [-0.1, -0.05) is 6.92 Å². The first kappa shape index (κ1) is 11.0. The Bertz CT molecular complexity index is 119. The number of rotatable bonds is 5. The molecule has 0 heterocycles. The molecule has 0 aromatic carbocycles. The Kier molecular flexibility index (Phi) is 5.40. The van der Waals surface area contributed by atoms with E-state index in [0.717, 1.165) is 31.3 Å². The van der Waals surface area contributed by atoms with Gasteiger partial charge < -0.3 is 10.4 Å². The second kappa shape index (κ2) is 6.39. The van der Waals surface area contributed by atoms with Crippen molar-refractivity contribution < 1.29 is 5.11 Å². The lowest BCUT2D eigenvalue weighted by atomic mass is 9.87. The van der Waals surface area contributed by atoms with Gasteiger partial charge in [0.2, 0.25) is 0 Å². The fourth-order valence-electron chi connectivity index (χ4n) is 2.01. The van der Waals surface area contributed by atoms with Crippen molar-refractivity contribution in [3.8, 4) is 0 Å². The highest BCUT2D eigenvalue weighted by Gasteiger charge is 2.16. The van der Waals surface area contributed by atoms with Crippen LogP contribution in [-0.2, 0) is 0 Å². The third-order valence-electron chi connectivity index (χ3n) is 3.03. The summed E-state index contributed by atoms with van der Waals surface area (Å²) >= 11 is 0. The number of hydrogen-bond donors (Lipinski definition) is 2.